The largest absolute Gasteiger partial charge is 0.317 e. The Kier molecular flexibility index (Phi) is 4.69. The van der Waals surface area contributed by atoms with E-state index in [1.807, 2.05) is 18.2 Å². The van der Waals surface area contributed by atoms with Crippen LogP contribution < -0.4 is 5.32 Å². The summed E-state index contributed by atoms with van der Waals surface area (Å²) in [5.74, 6) is 0. The van der Waals surface area contributed by atoms with Gasteiger partial charge in [-0.25, -0.2) is 0 Å². The fraction of sp³-hybridized carbons (Fsp3) is 0.538. The summed E-state index contributed by atoms with van der Waals surface area (Å²) in [5.41, 5.74) is 1.04. The highest BCUT2D eigenvalue weighted by Gasteiger charge is 2.19. The van der Waals surface area contributed by atoms with Crippen LogP contribution in [0.1, 0.15) is 18.4 Å². The van der Waals surface area contributed by atoms with Gasteiger partial charge in [-0.15, -0.1) is 0 Å². The lowest BCUT2D eigenvalue weighted by atomic mass is 10.0. The molecule has 0 spiro atoms. The lowest BCUT2D eigenvalue weighted by Gasteiger charge is -2.32. The molecule has 1 aliphatic rings. The second-order valence-electron chi connectivity index (χ2n) is 4.60. The molecule has 1 heterocycles. The van der Waals surface area contributed by atoms with Crippen LogP contribution in [0.15, 0.2) is 18.2 Å². The minimum absolute atomic E-state index is 0.628. The van der Waals surface area contributed by atoms with E-state index in [0.29, 0.717) is 6.04 Å². The molecule has 0 aromatic heterocycles. The van der Waals surface area contributed by atoms with E-state index in [1.54, 1.807) is 0 Å². The molecule has 1 fully saturated rings. The van der Waals surface area contributed by atoms with E-state index in [-0.39, 0.29) is 0 Å². The van der Waals surface area contributed by atoms with Gasteiger partial charge in [0.25, 0.3) is 0 Å². The topological polar surface area (TPSA) is 15.3 Å². The van der Waals surface area contributed by atoms with Crippen LogP contribution in [-0.4, -0.2) is 31.1 Å². The van der Waals surface area contributed by atoms with Crippen molar-refractivity contribution in [1.82, 2.24) is 10.2 Å². The average molecular weight is 273 g/mol. The molecule has 1 aliphatic heterocycles. The van der Waals surface area contributed by atoms with Crippen LogP contribution in [0.5, 0.6) is 0 Å². The number of hydrogen-bond donors (Lipinski definition) is 1. The van der Waals surface area contributed by atoms with Crippen LogP contribution in [-0.2, 0) is 6.54 Å². The van der Waals surface area contributed by atoms with Gasteiger partial charge in [0.1, 0.15) is 0 Å². The molecule has 0 amide bonds. The zero-order valence-corrected chi connectivity index (χ0v) is 11.6. The molecule has 4 heteroatoms. The summed E-state index contributed by atoms with van der Waals surface area (Å²) in [6, 6.07) is 6.32. The molecule has 0 bridgehead atoms. The van der Waals surface area contributed by atoms with E-state index < -0.39 is 0 Å². The highest BCUT2D eigenvalue weighted by molar-refractivity contribution is 6.35. The van der Waals surface area contributed by atoms with E-state index in [1.165, 1.54) is 12.8 Å². The molecule has 0 radical (unpaired) electrons. The predicted molar refractivity (Wildman–Crippen MR) is 73.8 cm³/mol. The van der Waals surface area contributed by atoms with Crippen LogP contribution in [0, 0.1) is 0 Å². The number of nitrogens with one attached hydrogen (secondary N) is 1. The van der Waals surface area contributed by atoms with Gasteiger partial charge >= 0.3 is 0 Å². The van der Waals surface area contributed by atoms with Gasteiger partial charge in [0, 0.05) is 28.2 Å². The first-order chi connectivity index (χ1) is 8.18. The first-order valence-electron chi connectivity index (χ1n) is 6.02. The summed E-state index contributed by atoms with van der Waals surface area (Å²) in [6.45, 7) is 3.03. The smallest absolute Gasteiger partial charge is 0.0465 e. The number of rotatable bonds is 3. The van der Waals surface area contributed by atoms with Crippen molar-refractivity contribution in [1.29, 1.82) is 0 Å². The first-order valence-corrected chi connectivity index (χ1v) is 6.78. The van der Waals surface area contributed by atoms with Crippen molar-refractivity contribution in [2.24, 2.45) is 0 Å². The fourth-order valence-electron chi connectivity index (χ4n) is 2.31. The highest BCUT2D eigenvalue weighted by atomic mass is 35.5. The monoisotopic (exact) mass is 272 g/mol. The molecule has 0 aliphatic carbocycles. The summed E-state index contributed by atoms with van der Waals surface area (Å²) in [6.07, 6.45) is 2.39. The highest BCUT2D eigenvalue weighted by Crippen LogP contribution is 2.26. The second-order valence-corrected chi connectivity index (χ2v) is 5.41. The number of benzene rings is 1. The van der Waals surface area contributed by atoms with Crippen molar-refractivity contribution in [2.45, 2.75) is 25.4 Å². The van der Waals surface area contributed by atoms with E-state index in [0.717, 1.165) is 35.2 Å². The molecular weight excluding hydrogens is 255 g/mol. The van der Waals surface area contributed by atoms with Crippen molar-refractivity contribution in [3.63, 3.8) is 0 Å². The zero-order chi connectivity index (χ0) is 12.3. The summed E-state index contributed by atoms with van der Waals surface area (Å²) in [5, 5.41) is 4.90. The summed E-state index contributed by atoms with van der Waals surface area (Å²) in [7, 11) is 2.15. The molecule has 1 aromatic carbocycles. The molecule has 0 atom stereocenters. The Morgan fingerprint density at radius 1 is 1.24 bits per heavy atom. The summed E-state index contributed by atoms with van der Waals surface area (Å²) < 4.78 is 0. The van der Waals surface area contributed by atoms with Gasteiger partial charge in [-0.05, 0) is 45.1 Å². The van der Waals surface area contributed by atoms with E-state index in [9.17, 15) is 0 Å². The molecule has 2 nitrogen and oxygen atoms in total. The number of piperidine rings is 1. The van der Waals surface area contributed by atoms with E-state index in [2.05, 4.69) is 17.3 Å². The van der Waals surface area contributed by atoms with Crippen LogP contribution in [0.2, 0.25) is 10.0 Å². The SMILES string of the molecule is CN(Cc1c(Cl)cccc1Cl)C1CCNCC1. The predicted octanol–water partition coefficient (Wildman–Crippen LogP) is 3.18. The van der Waals surface area contributed by atoms with E-state index >= 15 is 0 Å². The lowest BCUT2D eigenvalue weighted by molar-refractivity contribution is 0.192. The van der Waals surface area contributed by atoms with Gasteiger partial charge in [0.15, 0.2) is 0 Å². The fourth-order valence-corrected chi connectivity index (χ4v) is 2.83. The Morgan fingerprint density at radius 2 is 1.82 bits per heavy atom. The number of halogens is 2. The minimum Gasteiger partial charge on any atom is -0.317 e. The number of hydrogen-bond acceptors (Lipinski definition) is 2. The standard InChI is InChI=1S/C13H18Cl2N2/c1-17(10-5-7-16-8-6-10)9-11-12(14)3-2-4-13(11)15/h2-4,10,16H,5-9H2,1H3. The van der Waals surface area contributed by atoms with Gasteiger partial charge in [-0.1, -0.05) is 29.3 Å². The van der Waals surface area contributed by atoms with Gasteiger partial charge in [0.2, 0.25) is 0 Å². The molecule has 1 aromatic rings. The van der Waals surface area contributed by atoms with Crippen LogP contribution in [0.4, 0.5) is 0 Å². The van der Waals surface area contributed by atoms with Crippen molar-refractivity contribution < 1.29 is 0 Å². The number of nitrogens with zero attached hydrogens (tertiary/aromatic N) is 1. The molecule has 0 saturated carbocycles. The van der Waals surface area contributed by atoms with Crippen LogP contribution in [0.3, 0.4) is 0 Å². The van der Waals surface area contributed by atoms with Crippen LogP contribution in [0.25, 0.3) is 0 Å². The molecule has 94 valence electrons. The molecule has 1 saturated heterocycles. The van der Waals surface area contributed by atoms with Crippen molar-refractivity contribution >= 4 is 23.2 Å². The normalized spacial score (nSPS) is 17.6. The Labute approximate surface area is 113 Å². The Balaban J connectivity index is 2.04. The maximum absolute atomic E-state index is 6.19. The van der Waals surface area contributed by atoms with Gasteiger partial charge in [-0.2, -0.15) is 0 Å². The Bertz CT molecular complexity index is 355. The Hall–Kier alpha value is -0.280. The quantitative estimate of drug-likeness (QED) is 0.910. The summed E-state index contributed by atoms with van der Waals surface area (Å²) >= 11 is 12.4. The minimum atomic E-state index is 0.628. The maximum atomic E-state index is 6.19. The van der Waals surface area contributed by atoms with Crippen LogP contribution >= 0.6 is 23.2 Å². The second kappa shape index (κ2) is 6.05. The molecule has 0 unspecified atom stereocenters. The lowest BCUT2D eigenvalue weighted by Crippen LogP contribution is -2.40. The summed E-state index contributed by atoms with van der Waals surface area (Å²) in [4.78, 5) is 2.36. The van der Waals surface area contributed by atoms with Crippen molar-refractivity contribution in [3.8, 4) is 0 Å². The van der Waals surface area contributed by atoms with Gasteiger partial charge in [0.05, 0.1) is 0 Å². The molecule has 17 heavy (non-hydrogen) atoms. The van der Waals surface area contributed by atoms with Gasteiger partial charge < -0.3 is 5.32 Å². The first kappa shape index (κ1) is 13.2. The molecule has 2 rings (SSSR count). The van der Waals surface area contributed by atoms with E-state index in [4.69, 9.17) is 23.2 Å². The molecule has 1 N–H and O–H groups in total. The molecular formula is C13H18Cl2N2. The van der Waals surface area contributed by atoms with Crippen molar-refractivity contribution in [2.75, 3.05) is 20.1 Å². The third kappa shape index (κ3) is 3.35. The third-order valence-corrected chi connectivity index (χ3v) is 4.11. The average Bonchev–Trinajstić information content (AvgIpc) is 2.35. The zero-order valence-electron chi connectivity index (χ0n) is 10.0. The maximum Gasteiger partial charge on any atom is 0.0465 e. The van der Waals surface area contributed by atoms with Gasteiger partial charge in [-0.3, -0.25) is 4.90 Å². The van der Waals surface area contributed by atoms with Crippen molar-refractivity contribution in [3.05, 3.63) is 33.8 Å². The Morgan fingerprint density at radius 3 is 2.41 bits per heavy atom. The third-order valence-electron chi connectivity index (χ3n) is 3.40.